The molecule has 0 N–H and O–H groups in total. The van der Waals surface area contributed by atoms with Crippen LogP contribution in [-0.2, 0) is 14.3 Å². The normalized spacial score (nSPS) is 23.7. The van der Waals surface area contributed by atoms with E-state index in [0.29, 0.717) is 13.1 Å². The van der Waals surface area contributed by atoms with Crippen molar-refractivity contribution in [3.05, 3.63) is 0 Å². The molecule has 0 aromatic rings. The number of hydrogen-bond donors (Lipinski definition) is 0. The third-order valence-electron chi connectivity index (χ3n) is 2.96. The van der Waals surface area contributed by atoms with Crippen molar-refractivity contribution >= 4 is 11.9 Å². The third kappa shape index (κ3) is 2.30. The molecule has 1 aliphatic rings. The van der Waals surface area contributed by atoms with Crippen LogP contribution in [0.15, 0.2) is 0 Å². The topological polar surface area (TPSA) is 46.6 Å². The summed E-state index contributed by atoms with van der Waals surface area (Å²) in [5, 5.41) is 0. The van der Waals surface area contributed by atoms with E-state index in [9.17, 15) is 9.59 Å². The van der Waals surface area contributed by atoms with E-state index in [1.807, 2.05) is 13.8 Å². The average molecular weight is 213 g/mol. The van der Waals surface area contributed by atoms with Crippen molar-refractivity contribution in [2.45, 2.75) is 39.7 Å². The summed E-state index contributed by atoms with van der Waals surface area (Å²) >= 11 is 0. The number of amides is 1. The highest BCUT2D eigenvalue weighted by Crippen LogP contribution is 2.33. The van der Waals surface area contributed by atoms with Gasteiger partial charge in [0.25, 0.3) is 0 Å². The van der Waals surface area contributed by atoms with Crippen LogP contribution in [0.2, 0.25) is 0 Å². The predicted octanol–water partition coefficient (Wildman–Crippen LogP) is 1.20. The number of nitrogens with zero attached hydrogens (tertiary/aromatic N) is 1. The highest BCUT2D eigenvalue weighted by molar-refractivity contribution is 5.87. The third-order valence-corrected chi connectivity index (χ3v) is 2.96. The lowest BCUT2D eigenvalue weighted by molar-refractivity contribution is -0.148. The van der Waals surface area contributed by atoms with Crippen molar-refractivity contribution in [2.75, 3.05) is 13.1 Å². The lowest BCUT2D eigenvalue weighted by atomic mass is 9.89. The van der Waals surface area contributed by atoms with Crippen LogP contribution in [-0.4, -0.2) is 35.5 Å². The maximum Gasteiger partial charge on any atom is 0.307 e. The summed E-state index contributed by atoms with van der Waals surface area (Å²) in [6.45, 7) is 8.82. The molecule has 1 rings (SSSR count). The van der Waals surface area contributed by atoms with Crippen LogP contribution in [0.4, 0.5) is 0 Å². The zero-order valence-corrected chi connectivity index (χ0v) is 9.87. The van der Waals surface area contributed by atoms with Gasteiger partial charge in [-0.25, -0.2) is 0 Å². The molecular formula is C11H19NO3. The molecule has 1 fully saturated rings. The number of ether oxygens (including phenoxy) is 1. The Morgan fingerprint density at radius 2 is 2.00 bits per heavy atom. The molecule has 0 aliphatic carbocycles. The summed E-state index contributed by atoms with van der Waals surface area (Å²) < 4.78 is 5.14. The Labute approximate surface area is 90.6 Å². The largest absolute Gasteiger partial charge is 0.459 e. The van der Waals surface area contributed by atoms with E-state index in [-0.39, 0.29) is 24.2 Å². The van der Waals surface area contributed by atoms with Gasteiger partial charge in [-0.2, -0.15) is 0 Å². The second-order valence-corrected chi connectivity index (χ2v) is 4.34. The van der Waals surface area contributed by atoms with Crippen LogP contribution in [0.25, 0.3) is 0 Å². The number of carbonyl (C=O) groups excluding carboxylic acids is 2. The van der Waals surface area contributed by atoms with Crippen LogP contribution in [0.3, 0.4) is 0 Å². The monoisotopic (exact) mass is 213 g/mol. The number of carbonyl (C=O) groups is 2. The summed E-state index contributed by atoms with van der Waals surface area (Å²) in [5.74, 6) is -0.578. The highest BCUT2D eigenvalue weighted by atomic mass is 16.6. The fraction of sp³-hybridized carbons (Fsp3) is 0.818. The van der Waals surface area contributed by atoms with E-state index in [1.54, 1.807) is 18.7 Å². The standard InChI is InChI=1S/C11H19NO3/c1-5-12(6-2)10(14)8-7-9(13)15-11(8,3)4/h8H,5-7H2,1-4H3/t8-/m1/s1. The van der Waals surface area contributed by atoms with Gasteiger partial charge in [-0.1, -0.05) is 0 Å². The van der Waals surface area contributed by atoms with Crippen LogP contribution in [0.5, 0.6) is 0 Å². The molecule has 0 saturated carbocycles. The molecule has 0 aromatic carbocycles. The molecular weight excluding hydrogens is 194 g/mol. The minimum Gasteiger partial charge on any atom is -0.459 e. The van der Waals surface area contributed by atoms with Crippen molar-refractivity contribution in [1.29, 1.82) is 0 Å². The van der Waals surface area contributed by atoms with Gasteiger partial charge >= 0.3 is 5.97 Å². The van der Waals surface area contributed by atoms with Crippen LogP contribution in [0.1, 0.15) is 34.1 Å². The first-order chi connectivity index (χ1) is 6.92. The molecule has 4 nitrogen and oxygen atoms in total. The SMILES string of the molecule is CCN(CC)C(=O)[C@H]1CC(=O)OC1(C)C. The van der Waals surface area contributed by atoms with Gasteiger partial charge < -0.3 is 9.64 Å². The summed E-state index contributed by atoms with van der Waals surface area (Å²) in [5.41, 5.74) is -0.656. The number of hydrogen-bond acceptors (Lipinski definition) is 3. The second kappa shape index (κ2) is 4.21. The van der Waals surface area contributed by atoms with Gasteiger partial charge in [0, 0.05) is 13.1 Å². The summed E-state index contributed by atoms with van der Waals surface area (Å²) in [6.07, 6.45) is 0.211. The molecule has 1 amide bonds. The molecule has 1 atom stereocenters. The average Bonchev–Trinajstić information content (AvgIpc) is 2.41. The molecule has 1 saturated heterocycles. The fourth-order valence-electron chi connectivity index (χ4n) is 1.96. The molecule has 0 aromatic heterocycles. The maximum atomic E-state index is 12.1. The van der Waals surface area contributed by atoms with Crippen molar-refractivity contribution in [2.24, 2.45) is 5.92 Å². The van der Waals surface area contributed by atoms with Crippen molar-refractivity contribution in [3.63, 3.8) is 0 Å². The lowest BCUT2D eigenvalue weighted by Gasteiger charge is -2.28. The van der Waals surface area contributed by atoms with Gasteiger partial charge in [-0.05, 0) is 27.7 Å². The Morgan fingerprint density at radius 1 is 1.47 bits per heavy atom. The number of rotatable bonds is 3. The van der Waals surface area contributed by atoms with Crippen molar-refractivity contribution < 1.29 is 14.3 Å². The van der Waals surface area contributed by atoms with Crippen molar-refractivity contribution in [3.8, 4) is 0 Å². The van der Waals surface area contributed by atoms with Crippen LogP contribution >= 0.6 is 0 Å². The molecule has 0 spiro atoms. The molecule has 1 heterocycles. The van der Waals surface area contributed by atoms with E-state index in [0.717, 1.165) is 0 Å². The molecule has 15 heavy (non-hydrogen) atoms. The smallest absolute Gasteiger partial charge is 0.307 e. The van der Waals surface area contributed by atoms with E-state index >= 15 is 0 Å². The van der Waals surface area contributed by atoms with Crippen molar-refractivity contribution in [1.82, 2.24) is 4.90 Å². The van der Waals surface area contributed by atoms with E-state index < -0.39 is 5.60 Å². The predicted molar refractivity (Wildman–Crippen MR) is 56.2 cm³/mol. The summed E-state index contributed by atoms with van der Waals surface area (Å²) in [6, 6.07) is 0. The van der Waals surface area contributed by atoms with E-state index in [1.165, 1.54) is 0 Å². The Balaban J connectivity index is 2.79. The van der Waals surface area contributed by atoms with Crippen LogP contribution in [0, 0.1) is 5.92 Å². The molecule has 0 radical (unpaired) electrons. The Kier molecular flexibility index (Phi) is 3.37. The lowest BCUT2D eigenvalue weighted by Crippen LogP contribution is -2.43. The first-order valence-electron chi connectivity index (χ1n) is 5.43. The Hall–Kier alpha value is -1.06. The highest BCUT2D eigenvalue weighted by Gasteiger charge is 2.47. The minimum absolute atomic E-state index is 0.0239. The fourth-order valence-corrected chi connectivity index (χ4v) is 1.96. The first kappa shape index (κ1) is 12.0. The van der Waals surface area contributed by atoms with Crippen LogP contribution < -0.4 is 0 Å². The Bertz CT molecular complexity index is 269. The van der Waals surface area contributed by atoms with Gasteiger partial charge in [0.15, 0.2) is 0 Å². The molecule has 4 heteroatoms. The zero-order valence-electron chi connectivity index (χ0n) is 9.87. The second-order valence-electron chi connectivity index (χ2n) is 4.34. The molecule has 0 unspecified atom stereocenters. The number of cyclic esters (lactones) is 1. The zero-order chi connectivity index (χ0) is 11.6. The van der Waals surface area contributed by atoms with Gasteiger partial charge in [0.1, 0.15) is 5.60 Å². The first-order valence-corrected chi connectivity index (χ1v) is 5.43. The van der Waals surface area contributed by atoms with E-state index in [2.05, 4.69) is 0 Å². The van der Waals surface area contributed by atoms with Gasteiger partial charge in [-0.3, -0.25) is 9.59 Å². The summed E-state index contributed by atoms with van der Waals surface area (Å²) in [4.78, 5) is 25.0. The Morgan fingerprint density at radius 3 is 2.33 bits per heavy atom. The van der Waals surface area contributed by atoms with Gasteiger partial charge in [0.05, 0.1) is 12.3 Å². The van der Waals surface area contributed by atoms with E-state index in [4.69, 9.17) is 4.74 Å². The molecule has 86 valence electrons. The number of esters is 1. The molecule has 0 bridgehead atoms. The van der Waals surface area contributed by atoms with Gasteiger partial charge in [0.2, 0.25) is 5.91 Å². The molecule has 1 aliphatic heterocycles. The quantitative estimate of drug-likeness (QED) is 0.662. The van der Waals surface area contributed by atoms with Gasteiger partial charge in [-0.15, -0.1) is 0 Å². The summed E-state index contributed by atoms with van der Waals surface area (Å²) in [7, 11) is 0. The minimum atomic E-state index is -0.656. The maximum absolute atomic E-state index is 12.1.